The summed E-state index contributed by atoms with van der Waals surface area (Å²) in [6.07, 6.45) is 2.52. The summed E-state index contributed by atoms with van der Waals surface area (Å²) >= 11 is 12.5. The normalized spacial score (nSPS) is 24.0. The summed E-state index contributed by atoms with van der Waals surface area (Å²) in [5.41, 5.74) is 5.01. The highest BCUT2D eigenvalue weighted by Gasteiger charge is 2.47. The highest BCUT2D eigenvalue weighted by atomic mass is 35.5. The number of rotatable bonds is 1. The van der Waals surface area contributed by atoms with Crippen molar-refractivity contribution in [3.63, 3.8) is 0 Å². The quantitative estimate of drug-likeness (QED) is 0.481. The van der Waals surface area contributed by atoms with Crippen LogP contribution in [0.5, 0.6) is 0 Å². The molecular weight excluding hydrogens is 403 g/mol. The first-order valence-corrected chi connectivity index (χ1v) is 10.8. The van der Waals surface area contributed by atoms with Crippen LogP contribution in [-0.4, -0.2) is 11.6 Å². The molecule has 0 atom stereocenters. The smallest absolute Gasteiger partial charge is 0.160 e. The van der Waals surface area contributed by atoms with Gasteiger partial charge < -0.3 is 0 Å². The minimum absolute atomic E-state index is 0.109. The van der Waals surface area contributed by atoms with E-state index in [1.54, 1.807) is 12.1 Å². The number of ketones is 2. The van der Waals surface area contributed by atoms with Gasteiger partial charge in [0, 0.05) is 29.9 Å². The maximum absolute atomic E-state index is 13.3. The maximum atomic E-state index is 13.3. The third-order valence-electron chi connectivity index (χ3n) is 6.42. The van der Waals surface area contributed by atoms with Crippen LogP contribution in [0.2, 0.25) is 10.0 Å². The largest absolute Gasteiger partial charge is 0.294 e. The molecule has 0 unspecified atom stereocenters. The number of allylic oxidation sites excluding steroid dienone is 5. The van der Waals surface area contributed by atoms with E-state index in [2.05, 4.69) is 34.3 Å². The lowest BCUT2D eigenvalue weighted by Crippen LogP contribution is -2.37. The van der Waals surface area contributed by atoms with Crippen LogP contribution in [0.15, 0.2) is 52.6 Å². The fourth-order valence-corrected chi connectivity index (χ4v) is 5.54. The first kappa shape index (κ1) is 20.6. The van der Waals surface area contributed by atoms with Crippen molar-refractivity contribution >= 4 is 34.8 Å². The molecule has 0 heterocycles. The number of carbonyl (C=O) groups is 2. The topological polar surface area (TPSA) is 34.1 Å². The van der Waals surface area contributed by atoms with Crippen molar-refractivity contribution in [2.75, 3.05) is 0 Å². The molecule has 0 bridgehead atoms. The molecule has 3 aliphatic rings. The van der Waals surface area contributed by atoms with Crippen molar-refractivity contribution in [2.45, 2.75) is 59.3 Å². The van der Waals surface area contributed by atoms with Gasteiger partial charge in [0.15, 0.2) is 11.6 Å². The Balaban J connectivity index is 1.99. The van der Waals surface area contributed by atoms with E-state index in [-0.39, 0.29) is 28.3 Å². The molecule has 3 aliphatic carbocycles. The monoisotopic (exact) mass is 428 g/mol. The van der Waals surface area contributed by atoms with Crippen molar-refractivity contribution in [3.05, 3.63) is 68.3 Å². The minimum Gasteiger partial charge on any atom is -0.294 e. The molecular formula is C25H26Cl2O2. The van der Waals surface area contributed by atoms with Gasteiger partial charge in [-0.25, -0.2) is 0 Å². The summed E-state index contributed by atoms with van der Waals surface area (Å²) in [5, 5.41) is 0.899. The van der Waals surface area contributed by atoms with E-state index in [0.29, 0.717) is 22.9 Å². The Kier molecular flexibility index (Phi) is 4.75. The molecule has 0 N–H and O–H groups in total. The summed E-state index contributed by atoms with van der Waals surface area (Å²) in [5.74, 6) is -0.164. The van der Waals surface area contributed by atoms with E-state index in [1.807, 2.05) is 6.07 Å². The molecule has 0 saturated carbocycles. The van der Waals surface area contributed by atoms with Gasteiger partial charge >= 0.3 is 0 Å². The van der Waals surface area contributed by atoms with Gasteiger partial charge in [0.2, 0.25) is 0 Å². The zero-order valence-corrected chi connectivity index (χ0v) is 18.9. The third kappa shape index (κ3) is 3.45. The SMILES string of the molecule is C=C1C2=C(C(=O)CC(C)(C)C2)C(c2ccc(Cl)c(Cl)c2)C2=C1CC(C)(C)CC2=O. The molecule has 2 nitrogen and oxygen atoms in total. The molecule has 1 aromatic carbocycles. The summed E-state index contributed by atoms with van der Waals surface area (Å²) in [6.45, 7) is 12.9. The predicted molar refractivity (Wildman–Crippen MR) is 118 cm³/mol. The van der Waals surface area contributed by atoms with Gasteiger partial charge in [-0.15, -0.1) is 0 Å². The molecule has 4 rings (SSSR count). The Morgan fingerprint density at radius 3 is 1.76 bits per heavy atom. The lowest BCUT2D eigenvalue weighted by atomic mass is 9.58. The molecule has 0 amide bonds. The molecule has 4 heteroatoms. The fraction of sp³-hybridized carbons (Fsp3) is 0.440. The molecule has 0 spiro atoms. The lowest BCUT2D eigenvalue weighted by Gasteiger charge is -2.44. The van der Waals surface area contributed by atoms with Gasteiger partial charge in [-0.1, -0.05) is 63.5 Å². The maximum Gasteiger partial charge on any atom is 0.160 e. The Bertz CT molecular complexity index is 981. The zero-order valence-electron chi connectivity index (χ0n) is 17.4. The van der Waals surface area contributed by atoms with E-state index >= 15 is 0 Å². The van der Waals surface area contributed by atoms with Crippen LogP contribution in [-0.2, 0) is 9.59 Å². The second-order valence-corrected chi connectivity index (χ2v) is 11.1. The van der Waals surface area contributed by atoms with E-state index in [1.165, 1.54) is 0 Å². The van der Waals surface area contributed by atoms with Crippen molar-refractivity contribution < 1.29 is 9.59 Å². The van der Waals surface area contributed by atoms with Gasteiger partial charge in [0.1, 0.15) is 0 Å². The molecule has 152 valence electrons. The van der Waals surface area contributed by atoms with Crippen molar-refractivity contribution in [1.29, 1.82) is 0 Å². The summed E-state index contributed by atoms with van der Waals surface area (Å²) in [6, 6.07) is 5.44. The van der Waals surface area contributed by atoms with E-state index in [0.717, 1.165) is 46.3 Å². The van der Waals surface area contributed by atoms with Crippen LogP contribution in [0, 0.1) is 10.8 Å². The zero-order chi connectivity index (χ0) is 21.3. The van der Waals surface area contributed by atoms with E-state index in [4.69, 9.17) is 23.2 Å². The van der Waals surface area contributed by atoms with Crippen molar-refractivity contribution in [2.24, 2.45) is 10.8 Å². The molecule has 0 aromatic heterocycles. The third-order valence-corrected chi connectivity index (χ3v) is 7.16. The van der Waals surface area contributed by atoms with E-state index in [9.17, 15) is 9.59 Å². The molecule has 0 saturated heterocycles. The number of hydrogen-bond acceptors (Lipinski definition) is 2. The van der Waals surface area contributed by atoms with Crippen LogP contribution in [0.25, 0.3) is 0 Å². The highest BCUT2D eigenvalue weighted by molar-refractivity contribution is 6.42. The van der Waals surface area contributed by atoms with Crippen molar-refractivity contribution in [1.82, 2.24) is 0 Å². The number of benzene rings is 1. The standard InChI is InChI=1S/C25H26Cl2O2/c1-13-15-9-24(2,3)11-19(28)22(15)21(14-6-7-17(26)18(27)8-14)23-16(13)10-25(4,5)12-20(23)29/h6-8,21H,1,9-12H2,2-5H3. The fourth-order valence-electron chi connectivity index (χ4n) is 5.23. The predicted octanol–water partition coefficient (Wildman–Crippen LogP) is 7.02. The molecule has 0 fully saturated rings. The summed E-state index contributed by atoms with van der Waals surface area (Å²) < 4.78 is 0. The molecule has 29 heavy (non-hydrogen) atoms. The van der Waals surface area contributed by atoms with Crippen LogP contribution >= 0.6 is 23.2 Å². The number of halogens is 2. The Morgan fingerprint density at radius 1 is 0.828 bits per heavy atom. The average molecular weight is 429 g/mol. The van der Waals surface area contributed by atoms with Gasteiger partial charge in [-0.3, -0.25) is 9.59 Å². The van der Waals surface area contributed by atoms with E-state index < -0.39 is 0 Å². The van der Waals surface area contributed by atoms with Crippen LogP contribution < -0.4 is 0 Å². The van der Waals surface area contributed by atoms with Crippen LogP contribution in [0.4, 0.5) is 0 Å². The Hall–Kier alpha value is -1.64. The second kappa shape index (κ2) is 6.68. The van der Waals surface area contributed by atoms with Crippen LogP contribution in [0.1, 0.15) is 64.9 Å². The number of Topliss-reactive ketones (excluding diaryl/α,β-unsaturated/α-hetero) is 2. The van der Waals surface area contributed by atoms with Gasteiger partial charge in [-0.2, -0.15) is 0 Å². The Morgan fingerprint density at radius 2 is 1.31 bits per heavy atom. The van der Waals surface area contributed by atoms with Gasteiger partial charge in [0.05, 0.1) is 10.0 Å². The second-order valence-electron chi connectivity index (χ2n) is 10.3. The Labute approximate surface area is 182 Å². The average Bonchev–Trinajstić information content (AvgIpc) is 2.57. The summed E-state index contributed by atoms with van der Waals surface area (Å²) in [7, 11) is 0. The van der Waals surface area contributed by atoms with Gasteiger partial charge in [-0.05, 0) is 58.1 Å². The number of hydrogen-bond donors (Lipinski definition) is 0. The lowest BCUT2D eigenvalue weighted by molar-refractivity contribution is -0.118. The summed E-state index contributed by atoms with van der Waals surface area (Å²) in [4.78, 5) is 26.7. The first-order chi connectivity index (χ1) is 13.4. The van der Waals surface area contributed by atoms with Crippen LogP contribution in [0.3, 0.4) is 0 Å². The molecule has 0 aliphatic heterocycles. The highest BCUT2D eigenvalue weighted by Crippen LogP contribution is 2.56. The number of carbonyl (C=O) groups excluding carboxylic acids is 2. The first-order valence-electron chi connectivity index (χ1n) is 10.1. The minimum atomic E-state index is -0.382. The van der Waals surface area contributed by atoms with Gasteiger partial charge in [0.25, 0.3) is 0 Å². The molecule has 0 radical (unpaired) electrons. The molecule has 1 aromatic rings. The van der Waals surface area contributed by atoms with Crippen molar-refractivity contribution in [3.8, 4) is 0 Å².